The molecule has 0 aliphatic carbocycles. The molecule has 7 heteroatoms. The van der Waals surface area contributed by atoms with Crippen molar-refractivity contribution in [2.24, 2.45) is 0 Å². The van der Waals surface area contributed by atoms with Crippen molar-refractivity contribution in [1.29, 1.82) is 0 Å². The summed E-state index contributed by atoms with van der Waals surface area (Å²) in [6.07, 6.45) is -0.435. The molecule has 1 aromatic rings. The number of benzene rings is 1. The molecule has 2 aliphatic rings. The number of ether oxygens (including phenoxy) is 2. The van der Waals surface area contributed by atoms with Crippen LogP contribution in [0, 0.1) is 5.82 Å². The molecule has 0 unspecified atom stereocenters. The molecule has 2 saturated heterocycles. The molecule has 0 bridgehead atoms. The van der Waals surface area contributed by atoms with Crippen molar-refractivity contribution in [1.82, 2.24) is 4.90 Å². The van der Waals surface area contributed by atoms with Crippen LogP contribution in [0.15, 0.2) is 18.2 Å². The summed E-state index contributed by atoms with van der Waals surface area (Å²) in [5.41, 5.74) is 0.196. The largest absolute Gasteiger partial charge is 0.444 e. The number of hydrogen-bond donors (Lipinski definition) is 0. The Bertz CT molecular complexity index is 635. The Hall–Kier alpha value is -1.53. The van der Waals surface area contributed by atoms with Crippen LogP contribution in [-0.4, -0.2) is 55.0 Å². The van der Waals surface area contributed by atoms with Gasteiger partial charge in [0.25, 0.3) is 0 Å². The van der Waals surface area contributed by atoms with Gasteiger partial charge in [-0.15, -0.1) is 0 Å². The van der Waals surface area contributed by atoms with Gasteiger partial charge in [-0.05, 0) is 39.0 Å². The van der Waals surface area contributed by atoms with E-state index in [2.05, 4.69) is 0 Å². The summed E-state index contributed by atoms with van der Waals surface area (Å²) in [6, 6.07) is 4.63. The zero-order valence-corrected chi connectivity index (χ0v) is 14.8. The first-order valence-corrected chi connectivity index (χ1v) is 8.43. The second-order valence-corrected chi connectivity index (χ2v) is 7.56. The van der Waals surface area contributed by atoms with E-state index in [4.69, 9.17) is 21.1 Å². The average molecular weight is 357 g/mol. The molecule has 0 radical (unpaired) electrons. The van der Waals surface area contributed by atoms with Crippen LogP contribution in [-0.2, 0) is 9.47 Å². The van der Waals surface area contributed by atoms with E-state index in [-0.39, 0.29) is 23.3 Å². The maximum Gasteiger partial charge on any atom is 0.410 e. The van der Waals surface area contributed by atoms with Gasteiger partial charge in [0, 0.05) is 25.3 Å². The molecule has 0 N–H and O–H groups in total. The fourth-order valence-corrected chi connectivity index (χ4v) is 3.25. The number of fused-ring (bicyclic) bond motifs is 1. The number of nitrogens with zero attached hydrogens (tertiary/aromatic N) is 2. The van der Waals surface area contributed by atoms with Crippen molar-refractivity contribution in [3.8, 4) is 0 Å². The molecule has 132 valence electrons. The van der Waals surface area contributed by atoms with E-state index in [1.807, 2.05) is 25.7 Å². The topological polar surface area (TPSA) is 42.0 Å². The van der Waals surface area contributed by atoms with Crippen LogP contribution in [0.2, 0.25) is 5.02 Å². The minimum Gasteiger partial charge on any atom is -0.444 e. The highest BCUT2D eigenvalue weighted by Crippen LogP contribution is 2.30. The third-order valence-electron chi connectivity index (χ3n) is 4.20. The Morgan fingerprint density at radius 1 is 1.38 bits per heavy atom. The Balaban J connectivity index is 1.75. The molecule has 3 rings (SSSR count). The Morgan fingerprint density at radius 3 is 2.79 bits per heavy atom. The van der Waals surface area contributed by atoms with Crippen molar-refractivity contribution in [2.75, 3.05) is 31.1 Å². The summed E-state index contributed by atoms with van der Waals surface area (Å²) in [6.45, 7) is 7.69. The fourth-order valence-electron chi connectivity index (χ4n) is 3.13. The quantitative estimate of drug-likeness (QED) is 0.774. The smallest absolute Gasteiger partial charge is 0.410 e. The third-order valence-corrected chi connectivity index (χ3v) is 4.50. The third kappa shape index (κ3) is 3.59. The van der Waals surface area contributed by atoms with Gasteiger partial charge < -0.3 is 14.4 Å². The van der Waals surface area contributed by atoms with Crippen LogP contribution in [0.3, 0.4) is 0 Å². The van der Waals surface area contributed by atoms with Crippen LogP contribution in [0.1, 0.15) is 20.8 Å². The highest BCUT2D eigenvalue weighted by atomic mass is 35.5. The minimum atomic E-state index is -0.539. The molecule has 1 amide bonds. The molecule has 24 heavy (non-hydrogen) atoms. The van der Waals surface area contributed by atoms with E-state index in [1.54, 1.807) is 17.0 Å². The van der Waals surface area contributed by atoms with E-state index >= 15 is 0 Å². The monoisotopic (exact) mass is 356 g/mol. The predicted molar refractivity (Wildman–Crippen MR) is 90.1 cm³/mol. The summed E-state index contributed by atoms with van der Waals surface area (Å²) in [5, 5.41) is 0.0991. The number of halogens is 2. The first-order chi connectivity index (χ1) is 11.2. The second kappa shape index (κ2) is 6.41. The van der Waals surface area contributed by atoms with Gasteiger partial charge in [-0.2, -0.15) is 0 Å². The van der Waals surface area contributed by atoms with Gasteiger partial charge in [-0.25, -0.2) is 9.18 Å². The maximum atomic E-state index is 13.7. The van der Waals surface area contributed by atoms with Gasteiger partial charge in [0.1, 0.15) is 11.4 Å². The number of rotatable bonds is 1. The Labute approximate surface area is 146 Å². The molecule has 0 saturated carbocycles. The van der Waals surface area contributed by atoms with E-state index in [0.717, 1.165) is 5.69 Å². The van der Waals surface area contributed by atoms with E-state index < -0.39 is 11.4 Å². The zero-order valence-electron chi connectivity index (χ0n) is 14.1. The van der Waals surface area contributed by atoms with Crippen LogP contribution in [0.5, 0.6) is 0 Å². The SMILES string of the molecule is CC(C)(C)OC(=O)N1CCO[C@H]2CN(c3ccc(Cl)c(F)c3)C[C@H]21. The lowest BCUT2D eigenvalue weighted by molar-refractivity contribution is -0.0567. The van der Waals surface area contributed by atoms with Crippen LogP contribution < -0.4 is 4.90 Å². The Kier molecular flexibility index (Phi) is 4.62. The number of hydrogen-bond acceptors (Lipinski definition) is 4. The standard InChI is InChI=1S/C17H22ClFN2O3/c1-17(2,3)24-16(22)21-6-7-23-15-10-20(9-14(15)21)11-4-5-12(18)13(19)8-11/h4-5,8,14-15H,6-7,9-10H2,1-3H3/t14-,15+/m1/s1. The molecule has 1 aromatic carbocycles. The molecular weight excluding hydrogens is 335 g/mol. The van der Waals surface area contributed by atoms with E-state index in [1.165, 1.54) is 6.07 Å². The highest BCUT2D eigenvalue weighted by molar-refractivity contribution is 6.30. The molecule has 5 nitrogen and oxygen atoms in total. The van der Waals surface area contributed by atoms with Gasteiger partial charge >= 0.3 is 6.09 Å². The van der Waals surface area contributed by atoms with Gasteiger partial charge in [0.05, 0.1) is 23.8 Å². The van der Waals surface area contributed by atoms with Crippen LogP contribution >= 0.6 is 11.6 Å². The van der Waals surface area contributed by atoms with Gasteiger partial charge in [-0.1, -0.05) is 11.6 Å². The minimum absolute atomic E-state index is 0.0991. The lowest BCUT2D eigenvalue weighted by Crippen LogP contribution is -2.54. The molecule has 2 heterocycles. The lowest BCUT2D eigenvalue weighted by Gasteiger charge is -2.37. The molecule has 2 atom stereocenters. The van der Waals surface area contributed by atoms with Crippen molar-refractivity contribution in [3.63, 3.8) is 0 Å². The number of carbonyl (C=O) groups is 1. The van der Waals surface area contributed by atoms with Crippen molar-refractivity contribution in [2.45, 2.75) is 38.5 Å². The van der Waals surface area contributed by atoms with Crippen molar-refractivity contribution in [3.05, 3.63) is 29.0 Å². The maximum absolute atomic E-state index is 13.7. The highest BCUT2D eigenvalue weighted by Gasteiger charge is 2.43. The number of morpholine rings is 1. The van der Waals surface area contributed by atoms with E-state index in [0.29, 0.717) is 26.2 Å². The zero-order chi connectivity index (χ0) is 17.5. The number of carbonyl (C=O) groups excluding carboxylic acids is 1. The van der Waals surface area contributed by atoms with Crippen molar-refractivity contribution < 1.29 is 18.7 Å². The van der Waals surface area contributed by atoms with Gasteiger partial charge in [0.15, 0.2) is 0 Å². The summed E-state index contributed by atoms with van der Waals surface area (Å²) in [4.78, 5) is 16.2. The molecule has 2 aliphatic heterocycles. The van der Waals surface area contributed by atoms with Crippen LogP contribution in [0.25, 0.3) is 0 Å². The van der Waals surface area contributed by atoms with Crippen molar-refractivity contribution >= 4 is 23.4 Å². The summed E-state index contributed by atoms with van der Waals surface area (Å²) in [7, 11) is 0. The first kappa shape index (κ1) is 17.3. The summed E-state index contributed by atoms with van der Waals surface area (Å²) in [5.74, 6) is -0.450. The summed E-state index contributed by atoms with van der Waals surface area (Å²) < 4.78 is 25.0. The average Bonchev–Trinajstić information content (AvgIpc) is 2.92. The fraction of sp³-hybridized carbons (Fsp3) is 0.588. The first-order valence-electron chi connectivity index (χ1n) is 8.06. The number of anilines is 1. The molecule has 2 fully saturated rings. The van der Waals surface area contributed by atoms with Gasteiger partial charge in [0.2, 0.25) is 0 Å². The predicted octanol–water partition coefficient (Wildman–Crippen LogP) is 3.30. The Morgan fingerprint density at radius 2 is 2.12 bits per heavy atom. The number of amides is 1. The normalized spacial score (nSPS) is 24.0. The molecule has 0 spiro atoms. The van der Waals surface area contributed by atoms with Crippen LogP contribution in [0.4, 0.5) is 14.9 Å². The second-order valence-electron chi connectivity index (χ2n) is 7.15. The van der Waals surface area contributed by atoms with E-state index in [9.17, 15) is 9.18 Å². The van der Waals surface area contributed by atoms with Gasteiger partial charge in [-0.3, -0.25) is 4.90 Å². The molecule has 0 aromatic heterocycles. The summed E-state index contributed by atoms with van der Waals surface area (Å²) >= 11 is 5.75. The molecular formula is C17H22ClFN2O3. The lowest BCUT2D eigenvalue weighted by atomic mass is 10.1.